The van der Waals surface area contributed by atoms with Gasteiger partial charge in [-0.25, -0.2) is 9.78 Å². The summed E-state index contributed by atoms with van der Waals surface area (Å²) in [5.74, 6) is 0.0766. The molecule has 1 heterocycles. The number of rotatable bonds is 5. The highest BCUT2D eigenvalue weighted by molar-refractivity contribution is 5.67. The standard InChI is InChI=1S/C14H19F3N2O3/c1-13(2,3)22-12(20)19-9-10-4-6-18-11(8-10)21-7-5-14(15,16)17/h4,6,8H,5,7,9H2,1-3H3,(H,19,20). The minimum atomic E-state index is -4.27. The van der Waals surface area contributed by atoms with Gasteiger partial charge in [0.2, 0.25) is 5.88 Å². The summed E-state index contributed by atoms with van der Waals surface area (Å²) in [6.07, 6.45) is -4.50. The Labute approximate surface area is 126 Å². The van der Waals surface area contributed by atoms with Crippen molar-refractivity contribution in [2.45, 2.75) is 45.5 Å². The zero-order chi connectivity index (χ0) is 16.8. The van der Waals surface area contributed by atoms with Crippen molar-refractivity contribution in [1.82, 2.24) is 10.3 Å². The van der Waals surface area contributed by atoms with Crippen molar-refractivity contribution in [2.75, 3.05) is 6.61 Å². The largest absolute Gasteiger partial charge is 0.477 e. The number of alkyl carbamates (subject to hydrolysis) is 1. The molecule has 22 heavy (non-hydrogen) atoms. The second-order valence-electron chi connectivity index (χ2n) is 5.57. The first-order chi connectivity index (χ1) is 10.1. The van der Waals surface area contributed by atoms with E-state index < -0.39 is 30.9 Å². The molecule has 0 aliphatic rings. The van der Waals surface area contributed by atoms with Gasteiger partial charge < -0.3 is 14.8 Å². The highest BCUT2D eigenvalue weighted by Crippen LogP contribution is 2.20. The van der Waals surface area contributed by atoms with E-state index in [1.165, 1.54) is 12.3 Å². The molecule has 1 aromatic rings. The van der Waals surface area contributed by atoms with Crippen molar-refractivity contribution in [3.8, 4) is 5.88 Å². The summed E-state index contributed by atoms with van der Waals surface area (Å²) in [7, 11) is 0. The molecule has 0 aliphatic heterocycles. The molecule has 0 spiro atoms. The lowest BCUT2D eigenvalue weighted by atomic mass is 10.2. The molecule has 1 amide bonds. The Morgan fingerprint density at radius 1 is 1.32 bits per heavy atom. The highest BCUT2D eigenvalue weighted by Gasteiger charge is 2.26. The molecule has 0 saturated heterocycles. The molecule has 1 N–H and O–H groups in total. The van der Waals surface area contributed by atoms with E-state index in [0.717, 1.165) is 0 Å². The number of aromatic nitrogens is 1. The lowest BCUT2D eigenvalue weighted by Crippen LogP contribution is -2.32. The first kappa shape index (κ1) is 18.1. The van der Waals surface area contributed by atoms with Gasteiger partial charge in [-0.05, 0) is 32.4 Å². The Bertz CT molecular complexity index is 499. The fourth-order valence-electron chi connectivity index (χ4n) is 1.40. The minimum Gasteiger partial charge on any atom is -0.477 e. The molecule has 5 nitrogen and oxygen atoms in total. The lowest BCUT2D eigenvalue weighted by molar-refractivity contribution is -0.139. The first-order valence-electron chi connectivity index (χ1n) is 6.66. The zero-order valence-corrected chi connectivity index (χ0v) is 12.7. The second-order valence-corrected chi connectivity index (χ2v) is 5.57. The molecule has 1 rings (SSSR count). The van der Waals surface area contributed by atoms with Gasteiger partial charge in [-0.2, -0.15) is 13.2 Å². The maximum Gasteiger partial charge on any atom is 0.407 e. The normalized spacial score (nSPS) is 11.9. The number of amides is 1. The Kier molecular flexibility index (Phi) is 6.01. The molecular weight excluding hydrogens is 301 g/mol. The molecule has 124 valence electrons. The third-order valence-corrected chi connectivity index (χ3v) is 2.27. The van der Waals surface area contributed by atoms with Gasteiger partial charge in [0.25, 0.3) is 0 Å². The highest BCUT2D eigenvalue weighted by atomic mass is 19.4. The van der Waals surface area contributed by atoms with Crippen molar-refractivity contribution >= 4 is 6.09 Å². The number of carbonyl (C=O) groups is 1. The predicted octanol–water partition coefficient (Wildman–Crippen LogP) is 3.44. The van der Waals surface area contributed by atoms with Crippen LogP contribution in [0.4, 0.5) is 18.0 Å². The van der Waals surface area contributed by atoms with Crippen molar-refractivity contribution in [3.05, 3.63) is 23.9 Å². The number of hydrogen-bond donors (Lipinski definition) is 1. The summed E-state index contributed by atoms with van der Waals surface area (Å²) < 4.78 is 46.1. The Morgan fingerprint density at radius 2 is 2.00 bits per heavy atom. The molecule has 0 saturated carbocycles. The maximum atomic E-state index is 12.0. The molecule has 0 atom stereocenters. The van der Waals surface area contributed by atoms with Gasteiger partial charge >= 0.3 is 12.3 Å². The molecular formula is C14H19F3N2O3. The van der Waals surface area contributed by atoms with Gasteiger partial charge in [0.15, 0.2) is 0 Å². The van der Waals surface area contributed by atoms with Gasteiger partial charge in [-0.15, -0.1) is 0 Å². The number of nitrogens with zero attached hydrogens (tertiary/aromatic N) is 1. The third kappa shape index (κ3) is 8.33. The van der Waals surface area contributed by atoms with E-state index in [9.17, 15) is 18.0 Å². The third-order valence-electron chi connectivity index (χ3n) is 2.27. The number of ether oxygens (including phenoxy) is 2. The monoisotopic (exact) mass is 320 g/mol. The first-order valence-corrected chi connectivity index (χ1v) is 6.66. The molecule has 0 fully saturated rings. The van der Waals surface area contributed by atoms with Crippen LogP contribution in [0.2, 0.25) is 0 Å². The van der Waals surface area contributed by atoms with Gasteiger partial charge in [-0.3, -0.25) is 0 Å². The summed E-state index contributed by atoms with van der Waals surface area (Å²) in [6, 6.07) is 3.09. The molecule has 0 aromatic carbocycles. The zero-order valence-electron chi connectivity index (χ0n) is 12.7. The summed E-state index contributed by atoms with van der Waals surface area (Å²) in [5.41, 5.74) is 0.0386. The maximum absolute atomic E-state index is 12.0. The number of halogens is 3. The van der Waals surface area contributed by atoms with E-state index in [-0.39, 0.29) is 12.4 Å². The quantitative estimate of drug-likeness (QED) is 0.903. The SMILES string of the molecule is CC(C)(C)OC(=O)NCc1ccnc(OCCC(F)(F)F)c1. The number of nitrogens with one attached hydrogen (secondary N) is 1. The van der Waals surface area contributed by atoms with Crippen LogP contribution in [0.25, 0.3) is 0 Å². The van der Waals surface area contributed by atoms with Gasteiger partial charge in [0.05, 0.1) is 13.0 Å². The number of pyridine rings is 1. The molecule has 1 aromatic heterocycles. The van der Waals surface area contributed by atoms with Crippen LogP contribution in [-0.2, 0) is 11.3 Å². The van der Waals surface area contributed by atoms with Gasteiger partial charge in [0, 0.05) is 18.8 Å². The topological polar surface area (TPSA) is 60.5 Å². The van der Waals surface area contributed by atoms with Gasteiger partial charge in [-0.1, -0.05) is 0 Å². The van der Waals surface area contributed by atoms with Gasteiger partial charge in [0.1, 0.15) is 5.60 Å². The van der Waals surface area contributed by atoms with E-state index >= 15 is 0 Å². The summed E-state index contributed by atoms with van der Waals surface area (Å²) in [6.45, 7) is 4.88. The van der Waals surface area contributed by atoms with Crippen LogP contribution in [0.3, 0.4) is 0 Å². The van der Waals surface area contributed by atoms with E-state index in [1.54, 1.807) is 26.8 Å². The number of carbonyl (C=O) groups excluding carboxylic acids is 1. The van der Waals surface area contributed by atoms with Crippen LogP contribution in [0, 0.1) is 0 Å². The fraction of sp³-hybridized carbons (Fsp3) is 0.571. The minimum absolute atomic E-state index is 0.0766. The molecule has 8 heteroatoms. The average molecular weight is 320 g/mol. The van der Waals surface area contributed by atoms with E-state index in [2.05, 4.69) is 10.3 Å². The molecule has 0 bridgehead atoms. The second kappa shape index (κ2) is 7.33. The molecule has 0 radical (unpaired) electrons. The number of alkyl halides is 3. The van der Waals surface area contributed by atoms with Crippen LogP contribution in [0.1, 0.15) is 32.8 Å². The van der Waals surface area contributed by atoms with Crippen LogP contribution in [0.5, 0.6) is 5.88 Å². The Hall–Kier alpha value is -1.99. The van der Waals surface area contributed by atoms with Crippen molar-refractivity contribution in [2.24, 2.45) is 0 Å². The van der Waals surface area contributed by atoms with E-state index in [0.29, 0.717) is 5.56 Å². The van der Waals surface area contributed by atoms with Crippen molar-refractivity contribution < 1.29 is 27.4 Å². The van der Waals surface area contributed by atoms with Crippen LogP contribution >= 0.6 is 0 Å². The Morgan fingerprint density at radius 3 is 2.59 bits per heavy atom. The molecule has 0 aliphatic carbocycles. The lowest BCUT2D eigenvalue weighted by Gasteiger charge is -2.19. The summed E-state index contributed by atoms with van der Waals surface area (Å²) in [5, 5.41) is 2.54. The number of hydrogen-bond acceptors (Lipinski definition) is 4. The fourth-order valence-corrected chi connectivity index (χ4v) is 1.40. The van der Waals surface area contributed by atoms with Crippen molar-refractivity contribution in [1.29, 1.82) is 0 Å². The van der Waals surface area contributed by atoms with E-state index in [4.69, 9.17) is 9.47 Å². The average Bonchev–Trinajstić information content (AvgIpc) is 2.33. The smallest absolute Gasteiger partial charge is 0.407 e. The Balaban J connectivity index is 2.45. The van der Waals surface area contributed by atoms with Crippen LogP contribution in [-0.4, -0.2) is 29.5 Å². The van der Waals surface area contributed by atoms with E-state index in [1.807, 2.05) is 0 Å². The summed E-state index contributed by atoms with van der Waals surface area (Å²) in [4.78, 5) is 15.3. The summed E-state index contributed by atoms with van der Waals surface area (Å²) >= 11 is 0. The predicted molar refractivity (Wildman–Crippen MR) is 73.5 cm³/mol. The molecule has 0 unspecified atom stereocenters. The van der Waals surface area contributed by atoms with Crippen LogP contribution < -0.4 is 10.1 Å². The van der Waals surface area contributed by atoms with Crippen LogP contribution in [0.15, 0.2) is 18.3 Å². The van der Waals surface area contributed by atoms with Crippen molar-refractivity contribution in [3.63, 3.8) is 0 Å².